The van der Waals surface area contributed by atoms with Gasteiger partial charge in [-0.3, -0.25) is 4.79 Å². The van der Waals surface area contributed by atoms with Crippen LogP contribution in [-0.2, 0) is 14.8 Å². The molecule has 0 saturated heterocycles. The minimum atomic E-state index is -3.49. The number of hydrogen-bond acceptors (Lipinski definition) is 3. The highest BCUT2D eigenvalue weighted by atomic mass is 79.9. The minimum absolute atomic E-state index is 0.184. The first kappa shape index (κ1) is 16.1. The van der Waals surface area contributed by atoms with Crippen molar-refractivity contribution < 1.29 is 13.2 Å². The Kier molecular flexibility index (Phi) is 5.96. The largest absolute Gasteiger partial charge is 0.326 e. The Morgan fingerprint density at radius 3 is 2.37 bits per heavy atom. The summed E-state index contributed by atoms with van der Waals surface area (Å²) in [6.07, 6.45) is 0. The van der Waals surface area contributed by atoms with Crippen LogP contribution in [0.1, 0.15) is 13.8 Å². The van der Waals surface area contributed by atoms with Crippen LogP contribution in [0, 0.1) is 5.92 Å². The summed E-state index contributed by atoms with van der Waals surface area (Å²) in [5.74, 6) is 0.0216. The van der Waals surface area contributed by atoms with Gasteiger partial charge in [0, 0.05) is 24.5 Å². The zero-order valence-electron chi connectivity index (χ0n) is 10.8. The molecule has 0 aliphatic rings. The van der Waals surface area contributed by atoms with E-state index in [1.807, 2.05) is 6.92 Å². The van der Waals surface area contributed by atoms with Crippen LogP contribution >= 0.6 is 15.9 Å². The molecule has 1 aromatic carbocycles. The molecule has 1 amide bonds. The predicted octanol–water partition coefficient (Wildman–Crippen LogP) is 1.95. The topological polar surface area (TPSA) is 75.3 Å². The van der Waals surface area contributed by atoms with Crippen molar-refractivity contribution in [3.63, 3.8) is 0 Å². The maximum Gasteiger partial charge on any atom is 0.240 e. The summed E-state index contributed by atoms with van der Waals surface area (Å²) < 4.78 is 26.5. The van der Waals surface area contributed by atoms with Gasteiger partial charge in [-0.25, -0.2) is 13.1 Å². The molecule has 0 radical (unpaired) electrons. The van der Waals surface area contributed by atoms with E-state index in [9.17, 15) is 13.2 Å². The molecule has 0 heterocycles. The highest BCUT2D eigenvalue weighted by Crippen LogP contribution is 2.14. The molecule has 1 aromatic rings. The molecular weight excluding hydrogens is 332 g/mol. The Labute approximate surface area is 122 Å². The van der Waals surface area contributed by atoms with Gasteiger partial charge in [-0.2, -0.15) is 0 Å². The number of sulfonamides is 1. The van der Waals surface area contributed by atoms with E-state index in [1.165, 1.54) is 19.1 Å². The molecule has 7 heteroatoms. The lowest BCUT2D eigenvalue weighted by Crippen LogP contribution is -2.28. The highest BCUT2D eigenvalue weighted by molar-refractivity contribution is 9.09. The van der Waals surface area contributed by atoms with Crippen molar-refractivity contribution in [2.75, 3.05) is 17.2 Å². The van der Waals surface area contributed by atoms with Gasteiger partial charge >= 0.3 is 0 Å². The Morgan fingerprint density at radius 2 is 1.89 bits per heavy atom. The lowest BCUT2D eigenvalue weighted by atomic mass is 10.2. The maximum atomic E-state index is 12.0. The van der Waals surface area contributed by atoms with Crippen molar-refractivity contribution in [2.24, 2.45) is 5.92 Å². The van der Waals surface area contributed by atoms with Crippen LogP contribution in [0.5, 0.6) is 0 Å². The molecule has 5 nitrogen and oxygen atoms in total. The van der Waals surface area contributed by atoms with Crippen LogP contribution in [0.3, 0.4) is 0 Å². The van der Waals surface area contributed by atoms with Gasteiger partial charge in [-0.05, 0) is 30.2 Å². The molecule has 0 saturated carbocycles. The van der Waals surface area contributed by atoms with E-state index >= 15 is 0 Å². The molecule has 1 unspecified atom stereocenters. The number of rotatable bonds is 6. The van der Waals surface area contributed by atoms with Gasteiger partial charge in [0.2, 0.25) is 15.9 Å². The second kappa shape index (κ2) is 7.02. The third kappa shape index (κ3) is 5.30. The van der Waals surface area contributed by atoms with Crippen LogP contribution in [-0.4, -0.2) is 26.2 Å². The number of benzene rings is 1. The summed E-state index contributed by atoms with van der Waals surface area (Å²) in [6, 6.07) is 6.05. The average Bonchev–Trinajstić information content (AvgIpc) is 2.36. The fraction of sp³-hybridized carbons (Fsp3) is 0.417. The van der Waals surface area contributed by atoms with Gasteiger partial charge in [0.25, 0.3) is 0 Å². The molecule has 106 valence electrons. The smallest absolute Gasteiger partial charge is 0.240 e. The van der Waals surface area contributed by atoms with Crippen molar-refractivity contribution in [1.29, 1.82) is 0 Å². The molecule has 0 aliphatic heterocycles. The second-order valence-corrected chi connectivity index (χ2v) is 6.73. The summed E-state index contributed by atoms with van der Waals surface area (Å²) in [5.41, 5.74) is 0.570. The number of anilines is 1. The first-order chi connectivity index (χ1) is 8.85. The van der Waals surface area contributed by atoms with Crippen LogP contribution in [0.2, 0.25) is 0 Å². The maximum absolute atomic E-state index is 12.0. The molecule has 19 heavy (non-hydrogen) atoms. The number of halogens is 1. The molecule has 0 aromatic heterocycles. The number of hydrogen-bond donors (Lipinski definition) is 2. The molecule has 1 atom stereocenters. The Bertz CT molecular complexity index is 528. The van der Waals surface area contributed by atoms with Crippen molar-refractivity contribution in [2.45, 2.75) is 18.7 Å². The number of nitrogens with one attached hydrogen (secondary N) is 2. The zero-order chi connectivity index (χ0) is 14.5. The van der Waals surface area contributed by atoms with Gasteiger partial charge in [0.15, 0.2) is 0 Å². The molecule has 1 rings (SSSR count). The van der Waals surface area contributed by atoms with Gasteiger partial charge in [0.1, 0.15) is 0 Å². The molecular formula is C12H17BrN2O3S. The first-order valence-corrected chi connectivity index (χ1v) is 8.39. The van der Waals surface area contributed by atoms with Crippen LogP contribution in [0.25, 0.3) is 0 Å². The lowest BCUT2D eigenvalue weighted by Gasteiger charge is -2.10. The van der Waals surface area contributed by atoms with Gasteiger partial charge in [-0.15, -0.1) is 0 Å². The quantitative estimate of drug-likeness (QED) is 0.771. The van der Waals surface area contributed by atoms with E-state index in [4.69, 9.17) is 0 Å². The summed E-state index contributed by atoms with van der Waals surface area (Å²) in [5, 5.41) is 3.32. The van der Waals surface area contributed by atoms with Crippen LogP contribution in [0.4, 0.5) is 5.69 Å². The van der Waals surface area contributed by atoms with Crippen molar-refractivity contribution in [3.05, 3.63) is 24.3 Å². The normalized spacial score (nSPS) is 13.0. The number of carbonyl (C=O) groups excluding carboxylic acids is 1. The van der Waals surface area contributed by atoms with Crippen LogP contribution < -0.4 is 10.0 Å². The fourth-order valence-electron chi connectivity index (χ4n) is 1.31. The SMILES string of the molecule is CC(=O)Nc1ccc(S(=O)(=O)NCC(C)CBr)cc1. The van der Waals surface area contributed by atoms with E-state index in [2.05, 4.69) is 26.0 Å². The number of alkyl halides is 1. The molecule has 0 spiro atoms. The third-order valence-electron chi connectivity index (χ3n) is 2.37. The Hall–Kier alpha value is -0.920. The first-order valence-electron chi connectivity index (χ1n) is 5.78. The van der Waals surface area contributed by atoms with Crippen LogP contribution in [0.15, 0.2) is 29.2 Å². The number of carbonyl (C=O) groups is 1. The van der Waals surface area contributed by atoms with E-state index in [1.54, 1.807) is 12.1 Å². The Balaban J connectivity index is 2.76. The Morgan fingerprint density at radius 1 is 1.32 bits per heavy atom. The van der Waals surface area contributed by atoms with Gasteiger partial charge < -0.3 is 5.32 Å². The van der Waals surface area contributed by atoms with Crippen molar-refractivity contribution >= 4 is 37.5 Å². The third-order valence-corrected chi connectivity index (χ3v) is 4.92. The highest BCUT2D eigenvalue weighted by Gasteiger charge is 2.14. The number of amides is 1. The van der Waals surface area contributed by atoms with E-state index in [0.717, 1.165) is 5.33 Å². The molecule has 0 bridgehead atoms. The van der Waals surface area contributed by atoms with Crippen molar-refractivity contribution in [1.82, 2.24) is 4.72 Å². The van der Waals surface area contributed by atoms with E-state index in [0.29, 0.717) is 12.2 Å². The summed E-state index contributed by atoms with van der Waals surface area (Å²) >= 11 is 3.30. The summed E-state index contributed by atoms with van der Waals surface area (Å²) in [6.45, 7) is 3.71. The minimum Gasteiger partial charge on any atom is -0.326 e. The zero-order valence-corrected chi connectivity index (χ0v) is 13.2. The lowest BCUT2D eigenvalue weighted by molar-refractivity contribution is -0.114. The fourth-order valence-corrected chi connectivity index (χ4v) is 2.70. The van der Waals surface area contributed by atoms with E-state index < -0.39 is 10.0 Å². The molecule has 0 fully saturated rings. The molecule has 2 N–H and O–H groups in total. The average molecular weight is 349 g/mol. The monoisotopic (exact) mass is 348 g/mol. The predicted molar refractivity (Wildman–Crippen MR) is 78.9 cm³/mol. The summed E-state index contributed by atoms with van der Waals surface area (Å²) in [7, 11) is -3.49. The van der Waals surface area contributed by atoms with Gasteiger partial charge in [0.05, 0.1) is 4.90 Å². The standard InChI is InChI=1S/C12H17BrN2O3S/c1-9(7-13)8-14-19(17,18)12-5-3-11(4-6-12)15-10(2)16/h3-6,9,14H,7-8H2,1-2H3,(H,15,16). The van der Waals surface area contributed by atoms with E-state index in [-0.39, 0.29) is 16.7 Å². The second-order valence-electron chi connectivity index (χ2n) is 4.32. The summed E-state index contributed by atoms with van der Waals surface area (Å²) in [4.78, 5) is 11.0. The van der Waals surface area contributed by atoms with Crippen molar-refractivity contribution in [3.8, 4) is 0 Å². The van der Waals surface area contributed by atoms with Gasteiger partial charge in [-0.1, -0.05) is 22.9 Å². The molecule has 0 aliphatic carbocycles.